The Morgan fingerprint density at radius 1 is 1.53 bits per heavy atom. The van der Waals surface area contributed by atoms with E-state index in [0.717, 1.165) is 12.8 Å². The Balaban J connectivity index is 2.54. The number of nitrogens with zero attached hydrogens (tertiary/aromatic N) is 1. The summed E-state index contributed by atoms with van der Waals surface area (Å²) in [7, 11) is 1.63. The molecule has 1 saturated heterocycles. The maximum atomic E-state index is 11.6. The lowest BCUT2D eigenvalue weighted by Crippen LogP contribution is -2.43. The Labute approximate surface area is 90.3 Å². The Hall–Kier alpha value is -1.10. The Morgan fingerprint density at radius 2 is 2.27 bits per heavy atom. The molecule has 0 aromatic heterocycles. The molecule has 86 valence electrons. The topological polar surface area (TPSA) is 62.7 Å². The van der Waals surface area contributed by atoms with Crippen molar-refractivity contribution < 1.29 is 9.53 Å². The highest BCUT2D eigenvalue weighted by atomic mass is 16.5. The lowest BCUT2D eigenvalue weighted by Gasteiger charge is -2.19. The van der Waals surface area contributed by atoms with E-state index >= 15 is 0 Å². The normalized spacial score (nSPS) is 27.9. The number of ether oxygens (including phenoxy) is 1. The monoisotopic (exact) mass is 213 g/mol. The minimum absolute atomic E-state index is 0.000479. The van der Waals surface area contributed by atoms with Crippen LogP contribution in [0.4, 0.5) is 0 Å². The quantitative estimate of drug-likeness (QED) is 0.644. The molecule has 5 nitrogen and oxygen atoms in total. The zero-order valence-corrected chi connectivity index (χ0v) is 9.59. The lowest BCUT2D eigenvalue weighted by atomic mass is 9.97. The fraction of sp³-hybridized carbons (Fsp3) is 0.800. The molecule has 0 saturated carbocycles. The van der Waals surface area contributed by atoms with Crippen LogP contribution < -0.4 is 10.6 Å². The molecule has 0 spiro atoms. The molecule has 2 N–H and O–H groups in total. The average molecular weight is 213 g/mol. The average Bonchev–Trinajstić information content (AvgIpc) is 2.44. The van der Waals surface area contributed by atoms with Gasteiger partial charge in [-0.1, -0.05) is 13.3 Å². The maximum absolute atomic E-state index is 11.6. The highest BCUT2D eigenvalue weighted by Crippen LogP contribution is 2.16. The number of nitrogens with one attached hydrogen (secondary N) is 2. The number of hydrogen-bond acceptors (Lipinski definition) is 3. The number of methoxy groups -OCH3 is 1. The highest BCUT2D eigenvalue weighted by molar-refractivity contribution is 6.08. The molecular formula is C10H19N3O2. The molecule has 0 bridgehead atoms. The highest BCUT2D eigenvalue weighted by Gasteiger charge is 2.39. The molecule has 1 aliphatic heterocycles. The van der Waals surface area contributed by atoms with Crippen LogP contribution >= 0.6 is 0 Å². The van der Waals surface area contributed by atoms with Gasteiger partial charge >= 0.3 is 0 Å². The number of rotatable bonds is 5. The van der Waals surface area contributed by atoms with E-state index in [2.05, 4.69) is 22.5 Å². The SMILES string of the molecule is CCCC1(C)NC(=NCCOC)NC1=O. The Morgan fingerprint density at radius 3 is 2.87 bits per heavy atom. The van der Waals surface area contributed by atoms with Crippen LogP contribution in [0.2, 0.25) is 0 Å². The predicted molar refractivity (Wildman–Crippen MR) is 58.8 cm³/mol. The molecule has 5 heteroatoms. The van der Waals surface area contributed by atoms with Crippen LogP contribution in [-0.4, -0.2) is 37.7 Å². The fourth-order valence-electron chi connectivity index (χ4n) is 1.60. The minimum atomic E-state index is -0.499. The van der Waals surface area contributed by atoms with Crippen molar-refractivity contribution in [2.45, 2.75) is 32.2 Å². The van der Waals surface area contributed by atoms with E-state index in [1.807, 2.05) is 6.92 Å². The summed E-state index contributed by atoms with van der Waals surface area (Å²) >= 11 is 0. The summed E-state index contributed by atoms with van der Waals surface area (Å²) in [5, 5.41) is 5.84. The first-order chi connectivity index (χ1) is 7.12. The van der Waals surface area contributed by atoms with Crippen molar-refractivity contribution in [2.24, 2.45) is 4.99 Å². The first-order valence-electron chi connectivity index (χ1n) is 5.25. The van der Waals surface area contributed by atoms with Gasteiger partial charge in [-0.3, -0.25) is 15.1 Å². The third-order valence-corrected chi connectivity index (χ3v) is 2.44. The van der Waals surface area contributed by atoms with Gasteiger partial charge in [0, 0.05) is 7.11 Å². The van der Waals surface area contributed by atoms with Crippen LogP contribution in [0.5, 0.6) is 0 Å². The zero-order valence-electron chi connectivity index (χ0n) is 9.59. The van der Waals surface area contributed by atoms with Gasteiger partial charge in [0.15, 0.2) is 5.96 Å². The number of hydrogen-bond donors (Lipinski definition) is 2. The van der Waals surface area contributed by atoms with Gasteiger partial charge in [0.05, 0.1) is 13.2 Å². The number of carbonyl (C=O) groups is 1. The van der Waals surface area contributed by atoms with Gasteiger partial charge in [-0.15, -0.1) is 0 Å². The van der Waals surface area contributed by atoms with Crippen LogP contribution in [0, 0.1) is 0 Å². The second kappa shape index (κ2) is 5.11. The molecule has 1 rings (SSSR count). The van der Waals surface area contributed by atoms with E-state index < -0.39 is 5.54 Å². The van der Waals surface area contributed by atoms with Crippen LogP contribution in [0.3, 0.4) is 0 Å². The van der Waals surface area contributed by atoms with Gasteiger partial charge in [0.1, 0.15) is 5.54 Å². The number of amides is 1. The summed E-state index contributed by atoms with van der Waals surface area (Å²) in [5.41, 5.74) is -0.499. The number of aliphatic imine (C=N–C) groups is 1. The van der Waals surface area contributed by atoms with Gasteiger partial charge in [0.2, 0.25) is 0 Å². The van der Waals surface area contributed by atoms with Gasteiger partial charge in [-0.2, -0.15) is 0 Å². The first kappa shape index (κ1) is 12.0. The smallest absolute Gasteiger partial charge is 0.252 e. The number of carbonyl (C=O) groups excluding carboxylic acids is 1. The Bertz CT molecular complexity index is 265. The molecule has 1 amide bonds. The van der Waals surface area contributed by atoms with Gasteiger partial charge in [0.25, 0.3) is 5.91 Å². The number of guanidine groups is 1. The third kappa shape index (κ3) is 2.92. The van der Waals surface area contributed by atoms with E-state index in [4.69, 9.17) is 4.74 Å². The van der Waals surface area contributed by atoms with Gasteiger partial charge < -0.3 is 10.1 Å². The van der Waals surface area contributed by atoms with E-state index in [1.165, 1.54) is 0 Å². The molecule has 1 unspecified atom stereocenters. The van der Waals surface area contributed by atoms with Crippen molar-refractivity contribution in [3.8, 4) is 0 Å². The molecular weight excluding hydrogens is 194 g/mol. The minimum Gasteiger partial charge on any atom is -0.383 e. The summed E-state index contributed by atoms with van der Waals surface area (Å²) in [4.78, 5) is 15.8. The molecule has 1 aliphatic rings. The molecule has 0 aliphatic carbocycles. The second-order valence-electron chi connectivity index (χ2n) is 3.88. The van der Waals surface area contributed by atoms with E-state index in [0.29, 0.717) is 19.1 Å². The molecule has 0 aromatic rings. The van der Waals surface area contributed by atoms with Crippen molar-refractivity contribution >= 4 is 11.9 Å². The molecule has 0 radical (unpaired) electrons. The van der Waals surface area contributed by atoms with Crippen molar-refractivity contribution in [3.63, 3.8) is 0 Å². The molecule has 1 heterocycles. The van der Waals surface area contributed by atoms with Crippen LogP contribution in [-0.2, 0) is 9.53 Å². The van der Waals surface area contributed by atoms with Crippen molar-refractivity contribution in [1.29, 1.82) is 0 Å². The summed E-state index contributed by atoms with van der Waals surface area (Å²) in [6.07, 6.45) is 1.77. The largest absolute Gasteiger partial charge is 0.383 e. The summed E-state index contributed by atoms with van der Waals surface area (Å²) < 4.78 is 4.88. The maximum Gasteiger partial charge on any atom is 0.252 e. The van der Waals surface area contributed by atoms with Gasteiger partial charge in [-0.05, 0) is 13.3 Å². The first-order valence-corrected chi connectivity index (χ1v) is 5.25. The zero-order chi connectivity index (χ0) is 11.3. The third-order valence-electron chi connectivity index (χ3n) is 2.44. The van der Waals surface area contributed by atoms with E-state index in [1.54, 1.807) is 7.11 Å². The summed E-state index contributed by atoms with van der Waals surface area (Å²) in [5.74, 6) is 0.563. The van der Waals surface area contributed by atoms with E-state index in [-0.39, 0.29) is 5.91 Å². The Kier molecular flexibility index (Phi) is 4.08. The summed E-state index contributed by atoms with van der Waals surface area (Å²) in [6.45, 7) is 5.07. The van der Waals surface area contributed by atoms with Crippen LogP contribution in [0.15, 0.2) is 4.99 Å². The molecule has 1 atom stereocenters. The second-order valence-corrected chi connectivity index (χ2v) is 3.88. The lowest BCUT2D eigenvalue weighted by molar-refractivity contribution is -0.123. The molecule has 15 heavy (non-hydrogen) atoms. The van der Waals surface area contributed by atoms with E-state index in [9.17, 15) is 4.79 Å². The van der Waals surface area contributed by atoms with Crippen molar-refractivity contribution in [1.82, 2.24) is 10.6 Å². The molecule has 0 aromatic carbocycles. The van der Waals surface area contributed by atoms with Crippen molar-refractivity contribution in [2.75, 3.05) is 20.3 Å². The van der Waals surface area contributed by atoms with Crippen LogP contribution in [0.25, 0.3) is 0 Å². The molecule has 1 fully saturated rings. The van der Waals surface area contributed by atoms with Crippen molar-refractivity contribution in [3.05, 3.63) is 0 Å². The summed E-state index contributed by atoms with van der Waals surface area (Å²) in [6, 6.07) is 0. The van der Waals surface area contributed by atoms with Crippen LogP contribution in [0.1, 0.15) is 26.7 Å². The standard InChI is InChI=1S/C10H19N3O2/c1-4-5-10(2)8(14)12-9(13-10)11-6-7-15-3/h4-7H2,1-3H3,(H2,11,12,13,14). The van der Waals surface area contributed by atoms with Gasteiger partial charge in [-0.25, -0.2) is 0 Å². The predicted octanol–water partition coefficient (Wildman–Crippen LogP) is 0.267. The fourth-order valence-corrected chi connectivity index (χ4v) is 1.60.